The Morgan fingerprint density at radius 2 is 1.81 bits per heavy atom. The van der Waals surface area contributed by atoms with Crippen molar-refractivity contribution in [3.63, 3.8) is 0 Å². The normalized spacial score (nSPS) is 28.8. The molecule has 1 aliphatic carbocycles. The molecule has 8 nitrogen and oxygen atoms in total. The molecule has 1 atom stereocenters. The van der Waals surface area contributed by atoms with Crippen LogP contribution < -0.4 is 16.0 Å². The number of hydrogen-bond acceptors (Lipinski definition) is 6. The molecule has 3 aliphatic rings. The standard InChI is InChI=1S/C22H27F2N3O5/c23-16-7-14(8-17(24)19(16)15-1-2-18(29)26-20(15)30)27-9-13(10-27)22(32-21(25)31)5-3-12(11-28)4-6-22/h7-8,12-13,15,28H,1-6,9-11H2,(H2,25,31)(H,26,29,30). The highest BCUT2D eigenvalue weighted by Crippen LogP contribution is 2.45. The highest BCUT2D eigenvalue weighted by molar-refractivity contribution is 6.01. The zero-order valence-electron chi connectivity index (χ0n) is 17.6. The summed E-state index contributed by atoms with van der Waals surface area (Å²) in [5.41, 5.74) is 4.58. The summed E-state index contributed by atoms with van der Waals surface area (Å²) in [4.78, 5) is 36.7. The van der Waals surface area contributed by atoms with Gasteiger partial charge in [-0.15, -0.1) is 0 Å². The van der Waals surface area contributed by atoms with Crippen molar-refractivity contribution >= 4 is 23.6 Å². The van der Waals surface area contributed by atoms with E-state index in [0.29, 0.717) is 44.5 Å². The summed E-state index contributed by atoms with van der Waals surface area (Å²) in [6.45, 7) is 0.961. The number of carbonyl (C=O) groups is 3. The first kappa shape index (κ1) is 22.4. The third-order valence-corrected chi connectivity index (χ3v) is 7.16. The summed E-state index contributed by atoms with van der Waals surface area (Å²) in [5, 5.41) is 11.5. The van der Waals surface area contributed by atoms with E-state index in [9.17, 15) is 28.3 Å². The number of rotatable bonds is 5. The van der Waals surface area contributed by atoms with E-state index in [0.717, 1.165) is 0 Å². The lowest BCUT2D eigenvalue weighted by Gasteiger charge is -2.52. The maximum Gasteiger partial charge on any atom is 0.405 e. The molecule has 3 amide bonds. The van der Waals surface area contributed by atoms with Gasteiger partial charge < -0.3 is 20.5 Å². The number of anilines is 1. The summed E-state index contributed by atoms with van der Waals surface area (Å²) in [5.74, 6) is -3.72. The molecule has 4 rings (SSSR count). The summed E-state index contributed by atoms with van der Waals surface area (Å²) in [7, 11) is 0. The number of halogens is 2. The van der Waals surface area contributed by atoms with Crippen LogP contribution in [0, 0.1) is 23.5 Å². The van der Waals surface area contributed by atoms with E-state index in [-0.39, 0.29) is 36.8 Å². The van der Waals surface area contributed by atoms with Crippen molar-refractivity contribution in [2.75, 3.05) is 24.6 Å². The molecule has 1 saturated carbocycles. The fourth-order valence-electron chi connectivity index (χ4n) is 5.22. The van der Waals surface area contributed by atoms with Gasteiger partial charge in [0.15, 0.2) is 0 Å². The molecule has 0 spiro atoms. The summed E-state index contributed by atoms with van der Waals surface area (Å²) in [6.07, 6.45) is 1.83. The molecule has 0 radical (unpaired) electrons. The molecule has 1 aromatic rings. The van der Waals surface area contributed by atoms with Crippen LogP contribution in [-0.4, -0.2) is 48.3 Å². The topological polar surface area (TPSA) is 122 Å². The lowest BCUT2D eigenvalue weighted by atomic mass is 9.69. The van der Waals surface area contributed by atoms with Crippen LogP contribution in [0.5, 0.6) is 0 Å². The Morgan fingerprint density at radius 1 is 1.19 bits per heavy atom. The second-order valence-corrected chi connectivity index (χ2v) is 9.04. The van der Waals surface area contributed by atoms with Crippen molar-refractivity contribution in [2.24, 2.45) is 17.6 Å². The van der Waals surface area contributed by atoms with Gasteiger partial charge in [-0.1, -0.05) is 0 Å². The van der Waals surface area contributed by atoms with Gasteiger partial charge in [0.2, 0.25) is 11.8 Å². The molecule has 4 N–H and O–H groups in total. The smallest absolute Gasteiger partial charge is 0.405 e. The van der Waals surface area contributed by atoms with Crippen molar-refractivity contribution < 1.29 is 33.0 Å². The second kappa shape index (κ2) is 8.65. The molecule has 174 valence electrons. The molecule has 32 heavy (non-hydrogen) atoms. The quantitative estimate of drug-likeness (QED) is 0.588. The molecule has 3 fully saturated rings. The molecule has 0 bridgehead atoms. The van der Waals surface area contributed by atoms with Crippen molar-refractivity contribution in [1.82, 2.24) is 5.32 Å². The Balaban J connectivity index is 1.47. The number of piperidine rings is 1. The predicted molar refractivity (Wildman–Crippen MR) is 110 cm³/mol. The summed E-state index contributed by atoms with van der Waals surface area (Å²) < 4.78 is 35.2. The van der Waals surface area contributed by atoms with Gasteiger partial charge in [0.1, 0.15) is 17.2 Å². The van der Waals surface area contributed by atoms with Crippen LogP contribution in [0.15, 0.2) is 12.1 Å². The molecule has 0 aromatic heterocycles. The largest absolute Gasteiger partial charge is 0.443 e. The zero-order chi connectivity index (χ0) is 23.0. The molecule has 10 heteroatoms. The van der Waals surface area contributed by atoms with Gasteiger partial charge in [-0.05, 0) is 50.2 Å². The van der Waals surface area contributed by atoms with Crippen molar-refractivity contribution in [2.45, 2.75) is 50.0 Å². The van der Waals surface area contributed by atoms with Gasteiger partial charge in [0, 0.05) is 43.3 Å². The molecule has 1 aromatic carbocycles. The lowest BCUT2D eigenvalue weighted by molar-refractivity contribution is -0.134. The lowest BCUT2D eigenvalue weighted by Crippen LogP contribution is -2.61. The Kier molecular flexibility index (Phi) is 6.07. The average Bonchev–Trinajstić information content (AvgIpc) is 2.68. The Labute approximate surface area is 184 Å². The first-order chi connectivity index (χ1) is 15.2. The Morgan fingerprint density at radius 3 is 2.34 bits per heavy atom. The van der Waals surface area contributed by atoms with Crippen LogP contribution in [0.1, 0.15) is 50.0 Å². The van der Waals surface area contributed by atoms with Crippen molar-refractivity contribution in [1.29, 1.82) is 0 Å². The monoisotopic (exact) mass is 451 g/mol. The zero-order valence-corrected chi connectivity index (χ0v) is 17.6. The van der Waals surface area contributed by atoms with Gasteiger partial charge in [-0.3, -0.25) is 14.9 Å². The highest BCUT2D eigenvalue weighted by atomic mass is 19.1. The molecule has 2 saturated heterocycles. The molecular weight excluding hydrogens is 424 g/mol. The van der Waals surface area contributed by atoms with E-state index in [1.807, 2.05) is 0 Å². The molecular formula is C22H27F2N3O5. The Hall–Kier alpha value is -2.75. The Bertz CT molecular complexity index is 903. The number of aliphatic hydroxyl groups excluding tert-OH is 1. The first-order valence-electron chi connectivity index (χ1n) is 10.9. The van der Waals surface area contributed by atoms with E-state index in [4.69, 9.17) is 10.5 Å². The van der Waals surface area contributed by atoms with Gasteiger partial charge >= 0.3 is 6.09 Å². The third-order valence-electron chi connectivity index (χ3n) is 7.16. The maximum atomic E-state index is 14.8. The molecule has 2 heterocycles. The number of benzene rings is 1. The number of primary amides is 1. The van der Waals surface area contributed by atoms with E-state index >= 15 is 0 Å². The maximum absolute atomic E-state index is 14.8. The van der Waals surface area contributed by atoms with Gasteiger partial charge in [-0.25, -0.2) is 13.6 Å². The fraction of sp³-hybridized carbons (Fsp3) is 0.591. The van der Waals surface area contributed by atoms with Crippen LogP contribution in [-0.2, 0) is 14.3 Å². The fourth-order valence-corrected chi connectivity index (χ4v) is 5.22. The average molecular weight is 451 g/mol. The third kappa shape index (κ3) is 4.15. The van der Waals surface area contributed by atoms with Crippen LogP contribution in [0.4, 0.5) is 19.3 Å². The number of nitrogens with two attached hydrogens (primary N) is 1. The minimum atomic E-state index is -1.04. The number of nitrogens with zero attached hydrogens (tertiary/aromatic N) is 1. The van der Waals surface area contributed by atoms with E-state index in [1.54, 1.807) is 4.90 Å². The highest BCUT2D eigenvalue weighted by Gasteiger charge is 2.50. The summed E-state index contributed by atoms with van der Waals surface area (Å²) in [6, 6.07) is 2.39. The van der Waals surface area contributed by atoms with E-state index in [2.05, 4.69) is 5.32 Å². The SMILES string of the molecule is NC(=O)OC1(C2CN(c3cc(F)c(C4CCC(=O)NC4=O)c(F)c3)C2)CCC(CO)CC1. The van der Waals surface area contributed by atoms with Crippen molar-refractivity contribution in [3.05, 3.63) is 29.3 Å². The van der Waals surface area contributed by atoms with Crippen LogP contribution in [0.3, 0.4) is 0 Å². The van der Waals surface area contributed by atoms with Crippen molar-refractivity contribution in [3.8, 4) is 0 Å². The van der Waals surface area contributed by atoms with Crippen LogP contribution in [0.2, 0.25) is 0 Å². The van der Waals surface area contributed by atoms with Crippen LogP contribution >= 0.6 is 0 Å². The number of imide groups is 1. The van der Waals surface area contributed by atoms with E-state index < -0.39 is 41.1 Å². The number of carbonyl (C=O) groups excluding carboxylic acids is 3. The number of nitrogens with one attached hydrogen (secondary N) is 1. The van der Waals surface area contributed by atoms with E-state index in [1.165, 1.54) is 12.1 Å². The number of hydrogen-bond donors (Lipinski definition) is 3. The minimum Gasteiger partial charge on any atom is -0.443 e. The minimum absolute atomic E-state index is 0.0317. The van der Waals surface area contributed by atoms with Gasteiger partial charge in [0.05, 0.1) is 5.92 Å². The van der Waals surface area contributed by atoms with Gasteiger partial charge in [-0.2, -0.15) is 0 Å². The molecule has 1 unspecified atom stereocenters. The number of amides is 3. The van der Waals surface area contributed by atoms with Crippen LogP contribution in [0.25, 0.3) is 0 Å². The number of aliphatic hydroxyl groups is 1. The predicted octanol–water partition coefficient (Wildman–Crippen LogP) is 1.94. The molecule has 2 aliphatic heterocycles. The number of ether oxygens (including phenoxy) is 1. The van der Waals surface area contributed by atoms with Gasteiger partial charge in [0.25, 0.3) is 0 Å². The summed E-state index contributed by atoms with van der Waals surface area (Å²) >= 11 is 0. The second-order valence-electron chi connectivity index (χ2n) is 9.04. The first-order valence-corrected chi connectivity index (χ1v) is 10.9.